The summed E-state index contributed by atoms with van der Waals surface area (Å²) >= 11 is 0. The minimum absolute atomic E-state index is 0.108. The second kappa shape index (κ2) is 8.22. The zero-order valence-corrected chi connectivity index (χ0v) is 16.5. The fourth-order valence-corrected chi connectivity index (χ4v) is 3.21. The number of hydrogen-bond donors (Lipinski definition) is 1. The van der Waals surface area contributed by atoms with E-state index in [1.165, 1.54) is 11.1 Å². The molecule has 8 heteroatoms. The van der Waals surface area contributed by atoms with Gasteiger partial charge in [-0.25, -0.2) is 9.97 Å². The van der Waals surface area contributed by atoms with Gasteiger partial charge in [0.05, 0.1) is 0 Å². The van der Waals surface area contributed by atoms with Gasteiger partial charge in [-0.15, -0.1) is 10.2 Å². The van der Waals surface area contributed by atoms with Crippen LogP contribution >= 0.6 is 0 Å². The second-order valence-corrected chi connectivity index (χ2v) is 7.06. The van der Waals surface area contributed by atoms with E-state index in [0.29, 0.717) is 43.6 Å². The molecule has 1 saturated heterocycles. The van der Waals surface area contributed by atoms with Gasteiger partial charge in [0.2, 0.25) is 5.95 Å². The number of aromatic nitrogens is 4. The topological polar surface area (TPSA) is 87.1 Å². The summed E-state index contributed by atoms with van der Waals surface area (Å²) in [6.07, 6.45) is 3.45. The highest BCUT2D eigenvalue weighted by atomic mass is 16.2. The summed E-state index contributed by atoms with van der Waals surface area (Å²) in [5, 5.41) is 11.5. The molecule has 3 heterocycles. The molecule has 1 N–H and O–H groups in total. The van der Waals surface area contributed by atoms with Crippen LogP contribution in [-0.4, -0.2) is 57.2 Å². The molecule has 0 bridgehead atoms. The first-order chi connectivity index (χ1) is 14.1. The Labute approximate surface area is 169 Å². The molecule has 1 fully saturated rings. The number of anilines is 3. The zero-order chi connectivity index (χ0) is 20.2. The van der Waals surface area contributed by atoms with E-state index in [1.807, 2.05) is 6.07 Å². The molecule has 1 aliphatic rings. The van der Waals surface area contributed by atoms with Gasteiger partial charge in [-0.1, -0.05) is 6.07 Å². The fourth-order valence-electron chi connectivity index (χ4n) is 3.21. The molecule has 2 aromatic heterocycles. The Morgan fingerprint density at radius 1 is 0.931 bits per heavy atom. The van der Waals surface area contributed by atoms with Crippen molar-refractivity contribution in [3.05, 3.63) is 65.6 Å². The highest BCUT2D eigenvalue weighted by Crippen LogP contribution is 2.18. The van der Waals surface area contributed by atoms with Gasteiger partial charge in [0.15, 0.2) is 11.5 Å². The normalized spacial score (nSPS) is 14.0. The molecule has 4 rings (SSSR count). The number of aryl methyl sites for hydroxylation is 2. The molecule has 0 radical (unpaired) electrons. The lowest BCUT2D eigenvalue weighted by Crippen LogP contribution is -2.49. The summed E-state index contributed by atoms with van der Waals surface area (Å²) < 4.78 is 0. The van der Waals surface area contributed by atoms with Crippen LogP contribution in [-0.2, 0) is 0 Å². The van der Waals surface area contributed by atoms with Gasteiger partial charge >= 0.3 is 0 Å². The third-order valence-corrected chi connectivity index (χ3v) is 5.06. The van der Waals surface area contributed by atoms with Gasteiger partial charge in [-0.05, 0) is 55.3 Å². The average molecular weight is 389 g/mol. The quantitative estimate of drug-likeness (QED) is 0.734. The maximum atomic E-state index is 12.7. The number of piperazine rings is 1. The summed E-state index contributed by atoms with van der Waals surface area (Å²) in [4.78, 5) is 25.1. The fraction of sp³-hybridized carbons (Fsp3) is 0.286. The van der Waals surface area contributed by atoms with Crippen molar-refractivity contribution in [1.29, 1.82) is 0 Å². The molecule has 148 valence electrons. The van der Waals surface area contributed by atoms with Crippen molar-refractivity contribution in [2.75, 3.05) is 36.4 Å². The number of amides is 1. The molecule has 29 heavy (non-hydrogen) atoms. The SMILES string of the molecule is Cc1ccc(Nc2ccc(C(=O)N3CCN(c4ncccn4)CC3)nn2)cc1C. The number of carbonyl (C=O) groups is 1. The summed E-state index contributed by atoms with van der Waals surface area (Å²) in [6.45, 7) is 6.72. The van der Waals surface area contributed by atoms with Crippen molar-refractivity contribution >= 4 is 23.4 Å². The van der Waals surface area contributed by atoms with E-state index in [9.17, 15) is 4.79 Å². The van der Waals surface area contributed by atoms with Crippen molar-refractivity contribution in [2.24, 2.45) is 0 Å². The van der Waals surface area contributed by atoms with E-state index in [4.69, 9.17) is 0 Å². The first-order valence-electron chi connectivity index (χ1n) is 9.59. The van der Waals surface area contributed by atoms with Crippen molar-refractivity contribution in [1.82, 2.24) is 25.1 Å². The van der Waals surface area contributed by atoms with Crippen molar-refractivity contribution in [2.45, 2.75) is 13.8 Å². The molecule has 0 unspecified atom stereocenters. The molecule has 1 aromatic carbocycles. The van der Waals surface area contributed by atoms with Gasteiger partial charge in [0.25, 0.3) is 5.91 Å². The van der Waals surface area contributed by atoms with Gasteiger partial charge in [-0.3, -0.25) is 4.79 Å². The lowest BCUT2D eigenvalue weighted by atomic mass is 10.1. The first kappa shape index (κ1) is 18.8. The molecule has 0 saturated carbocycles. The Morgan fingerprint density at radius 3 is 2.34 bits per heavy atom. The lowest BCUT2D eigenvalue weighted by Gasteiger charge is -2.34. The Bertz CT molecular complexity index is 984. The maximum Gasteiger partial charge on any atom is 0.274 e. The number of carbonyl (C=O) groups excluding carboxylic acids is 1. The number of benzene rings is 1. The van der Waals surface area contributed by atoms with Crippen molar-refractivity contribution in [3.8, 4) is 0 Å². The van der Waals surface area contributed by atoms with Crippen LogP contribution in [0.4, 0.5) is 17.5 Å². The third kappa shape index (κ3) is 4.31. The lowest BCUT2D eigenvalue weighted by molar-refractivity contribution is 0.0739. The van der Waals surface area contributed by atoms with Gasteiger partial charge < -0.3 is 15.1 Å². The van der Waals surface area contributed by atoms with E-state index in [-0.39, 0.29) is 5.91 Å². The molecular formula is C21H23N7O. The van der Waals surface area contributed by atoms with Crippen molar-refractivity contribution in [3.63, 3.8) is 0 Å². The predicted octanol–water partition coefficient (Wildman–Crippen LogP) is 2.59. The number of nitrogens with zero attached hydrogens (tertiary/aromatic N) is 6. The van der Waals surface area contributed by atoms with Crippen LogP contribution in [0.1, 0.15) is 21.6 Å². The van der Waals surface area contributed by atoms with Crippen LogP contribution in [0.15, 0.2) is 48.8 Å². The predicted molar refractivity (Wildman–Crippen MR) is 111 cm³/mol. The number of rotatable bonds is 4. The minimum Gasteiger partial charge on any atom is -0.339 e. The van der Waals surface area contributed by atoms with E-state index in [1.54, 1.807) is 35.5 Å². The smallest absolute Gasteiger partial charge is 0.274 e. The standard InChI is InChI=1S/C21H23N7O/c1-15-4-5-17(14-16(15)2)24-19-7-6-18(25-26-19)20(29)27-10-12-28(13-11-27)21-22-8-3-9-23-21/h3-9,14H,10-13H2,1-2H3,(H,24,26). The van der Waals surface area contributed by atoms with E-state index in [2.05, 4.69) is 56.4 Å². The number of hydrogen-bond acceptors (Lipinski definition) is 7. The molecule has 3 aromatic rings. The Kier molecular flexibility index (Phi) is 5.33. The van der Waals surface area contributed by atoms with Crippen LogP contribution in [0.5, 0.6) is 0 Å². The summed E-state index contributed by atoms with van der Waals surface area (Å²) in [6, 6.07) is 11.4. The van der Waals surface area contributed by atoms with Crippen LogP contribution in [0, 0.1) is 13.8 Å². The Balaban J connectivity index is 1.36. The van der Waals surface area contributed by atoms with Crippen LogP contribution in [0.2, 0.25) is 0 Å². The summed E-state index contributed by atoms with van der Waals surface area (Å²) in [5.74, 6) is 1.20. The molecule has 1 aliphatic heterocycles. The molecular weight excluding hydrogens is 366 g/mol. The monoisotopic (exact) mass is 389 g/mol. The molecule has 0 atom stereocenters. The van der Waals surface area contributed by atoms with E-state index < -0.39 is 0 Å². The molecule has 1 amide bonds. The zero-order valence-electron chi connectivity index (χ0n) is 16.5. The highest BCUT2D eigenvalue weighted by Gasteiger charge is 2.24. The number of nitrogens with one attached hydrogen (secondary N) is 1. The van der Waals surface area contributed by atoms with Gasteiger partial charge in [-0.2, -0.15) is 0 Å². The van der Waals surface area contributed by atoms with E-state index in [0.717, 1.165) is 5.69 Å². The van der Waals surface area contributed by atoms with Crippen molar-refractivity contribution < 1.29 is 4.79 Å². The Hall–Kier alpha value is -3.55. The Morgan fingerprint density at radius 2 is 1.69 bits per heavy atom. The van der Waals surface area contributed by atoms with Gasteiger partial charge in [0, 0.05) is 44.3 Å². The first-order valence-corrected chi connectivity index (χ1v) is 9.59. The highest BCUT2D eigenvalue weighted by molar-refractivity contribution is 5.92. The van der Waals surface area contributed by atoms with E-state index >= 15 is 0 Å². The third-order valence-electron chi connectivity index (χ3n) is 5.06. The van der Waals surface area contributed by atoms with Crippen LogP contribution in [0.3, 0.4) is 0 Å². The summed E-state index contributed by atoms with van der Waals surface area (Å²) in [5.41, 5.74) is 3.73. The average Bonchev–Trinajstić information content (AvgIpc) is 2.77. The second-order valence-electron chi connectivity index (χ2n) is 7.06. The largest absolute Gasteiger partial charge is 0.339 e. The van der Waals surface area contributed by atoms with Gasteiger partial charge in [0.1, 0.15) is 0 Å². The minimum atomic E-state index is -0.108. The molecule has 0 aliphatic carbocycles. The molecule has 8 nitrogen and oxygen atoms in total. The van der Waals surface area contributed by atoms with Crippen LogP contribution < -0.4 is 10.2 Å². The summed E-state index contributed by atoms with van der Waals surface area (Å²) in [7, 11) is 0. The van der Waals surface area contributed by atoms with Crippen LogP contribution in [0.25, 0.3) is 0 Å². The molecule has 0 spiro atoms. The maximum absolute atomic E-state index is 12.7.